The van der Waals surface area contributed by atoms with Gasteiger partial charge in [-0.2, -0.15) is 0 Å². The number of amides is 1. The molecule has 0 atom stereocenters. The first-order valence-corrected chi connectivity index (χ1v) is 5.26. The third kappa shape index (κ3) is 4.31. The predicted octanol–water partition coefficient (Wildman–Crippen LogP) is 1.09. The molecule has 0 saturated heterocycles. The van der Waals surface area contributed by atoms with E-state index in [1.165, 1.54) is 0 Å². The number of benzene rings is 1. The highest BCUT2D eigenvalue weighted by molar-refractivity contribution is 5.79. The number of hydrogen-bond acceptors (Lipinski definition) is 3. The highest BCUT2D eigenvalue weighted by Gasteiger charge is 2.05. The van der Waals surface area contributed by atoms with Gasteiger partial charge in [0.15, 0.2) is 0 Å². The van der Waals surface area contributed by atoms with E-state index in [0.717, 1.165) is 6.42 Å². The van der Waals surface area contributed by atoms with Gasteiger partial charge >= 0.3 is 0 Å². The Morgan fingerprint density at radius 2 is 2.19 bits per heavy atom. The molecule has 1 amide bonds. The maximum atomic E-state index is 11.5. The Hall–Kier alpha value is -1.55. The highest BCUT2D eigenvalue weighted by Crippen LogP contribution is 2.15. The standard InChI is InChI=1S/C12H17NO3/c1-16-8-4-7-13-12(15)9-10-5-2-3-6-11(10)14/h2-3,5-6,14H,4,7-9H2,1H3,(H,13,15). The molecule has 0 bridgehead atoms. The maximum absolute atomic E-state index is 11.5. The van der Waals surface area contributed by atoms with Crippen LogP contribution in [-0.2, 0) is 16.0 Å². The van der Waals surface area contributed by atoms with Gasteiger partial charge in [0.1, 0.15) is 5.75 Å². The lowest BCUT2D eigenvalue weighted by Gasteiger charge is -2.06. The van der Waals surface area contributed by atoms with E-state index in [2.05, 4.69) is 5.32 Å². The summed E-state index contributed by atoms with van der Waals surface area (Å²) in [7, 11) is 1.63. The lowest BCUT2D eigenvalue weighted by Crippen LogP contribution is -2.26. The number of phenolic OH excluding ortho intramolecular Hbond substituents is 1. The topological polar surface area (TPSA) is 58.6 Å². The van der Waals surface area contributed by atoms with E-state index < -0.39 is 0 Å². The van der Waals surface area contributed by atoms with Gasteiger partial charge in [-0.3, -0.25) is 4.79 Å². The smallest absolute Gasteiger partial charge is 0.224 e. The Labute approximate surface area is 95.2 Å². The number of carbonyl (C=O) groups excluding carboxylic acids is 1. The van der Waals surface area contributed by atoms with Crippen LogP contribution in [0.5, 0.6) is 5.75 Å². The summed E-state index contributed by atoms with van der Waals surface area (Å²) in [6.07, 6.45) is 1.00. The zero-order chi connectivity index (χ0) is 11.8. The van der Waals surface area contributed by atoms with Crippen LogP contribution in [-0.4, -0.2) is 31.3 Å². The molecule has 0 saturated carbocycles. The fourth-order valence-corrected chi connectivity index (χ4v) is 1.34. The van der Waals surface area contributed by atoms with Crippen LogP contribution < -0.4 is 5.32 Å². The summed E-state index contributed by atoms with van der Waals surface area (Å²) < 4.78 is 4.87. The lowest BCUT2D eigenvalue weighted by atomic mass is 10.1. The molecule has 0 unspecified atom stereocenters. The number of ether oxygens (including phenoxy) is 1. The van der Waals surface area contributed by atoms with Gasteiger partial charge in [-0.05, 0) is 12.5 Å². The van der Waals surface area contributed by atoms with E-state index in [9.17, 15) is 9.90 Å². The second-order valence-electron chi connectivity index (χ2n) is 3.50. The third-order valence-corrected chi connectivity index (χ3v) is 2.19. The van der Waals surface area contributed by atoms with Crippen molar-refractivity contribution in [3.05, 3.63) is 29.8 Å². The van der Waals surface area contributed by atoms with Crippen LogP contribution in [0.2, 0.25) is 0 Å². The van der Waals surface area contributed by atoms with Gasteiger partial charge < -0.3 is 15.2 Å². The molecule has 0 heterocycles. The Morgan fingerprint density at radius 3 is 2.88 bits per heavy atom. The first kappa shape index (κ1) is 12.5. The van der Waals surface area contributed by atoms with Crippen molar-refractivity contribution in [2.24, 2.45) is 0 Å². The van der Waals surface area contributed by atoms with Crippen LogP contribution in [0.3, 0.4) is 0 Å². The number of carbonyl (C=O) groups is 1. The first-order chi connectivity index (χ1) is 7.74. The largest absolute Gasteiger partial charge is 0.508 e. The maximum Gasteiger partial charge on any atom is 0.224 e. The molecule has 2 N–H and O–H groups in total. The number of phenols is 1. The molecule has 1 aromatic rings. The molecular weight excluding hydrogens is 206 g/mol. The molecule has 0 aromatic heterocycles. The Bertz CT molecular complexity index is 339. The lowest BCUT2D eigenvalue weighted by molar-refractivity contribution is -0.120. The fourth-order valence-electron chi connectivity index (χ4n) is 1.34. The highest BCUT2D eigenvalue weighted by atomic mass is 16.5. The number of methoxy groups -OCH3 is 1. The van der Waals surface area contributed by atoms with Crippen LogP contribution >= 0.6 is 0 Å². The fraction of sp³-hybridized carbons (Fsp3) is 0.417. The van der Waals surface area contributed by atoms with Crippen molar-refractivity contribution in [1.29, 1.82) is 0 Å². The minimum absolute atomic E-state index is 0.0856. The van der Waals surface area contributed by atoms with Crippen LogP contribution in [0.25, 0.3) is 0 Å². The van der Waals surface area contributed by atoms with Crippen molar-refractivity contribution in [2.45, 2.75) is 12.8 Å². The zero-order valence-corrected chi connectivity index (χ0v) is 9.40. The van der Waals surface area contributed by atoms with Crippen molar-refractivity contribution < 1.29 is 14.6 Å². The summed E-state index contributed by atoms with van der Waals surface area (Å²) in [6, 6.07) is 6.85. The Balaban J connectivity index is 2.32. The number of rotatable bonds is 6. The molecule has 4 heteroatoms. The molecular formula is C12H17NO3. The third-order valence-electron chi connectivity index (χ3n) is 2.19. The van der Waals surface area contributed by atoms with Gasteiger partial charge in [0.05, 0.1) is 6.42 Å². The van der Waals surface area contributed by atoms with E-state index in [1.807, 2.05) is 0 Å². The van der Waals surface area contributed by atoms with E-state index in [0.29, 0.717) is 18.7 Å². The number of hydrogen-bond donors (Lipinski definition) is 2. The van der Waals surface area contributed by atoms with Gasteiger partial charge in [-0.25, -0.2) is 0 Å². The van der Waals surface area contributed by atoms with Crippen molar-refractivity contribution in [1.82, 2.24) is 5.32 Å². The van der Waals surface area contributed by atoms with Crippen molar-refractivity contribution in [3.63, 3.8) is 0 Å². The molecule has 4 nitrogen and oxygen atoms in total. The summed E-state index contributed by atoms with van der Waals surface area (Å²) in [5.74, 6) is 0.0761. The van der Waals surface area contributed by atoms with Crippen molar-refractivity contribution in [3.8, 4) is 5.75 Å². The minimum atomic E-state index is -0.0856. The van der Waals surface area contributed by atoms with E-state index in [4.69, 9.17) is 4.74 Å². The quantitative estimate of drug-likeness (QED) is 0.710. The van der Waals surface area contributed by atoms with Crippen LogP contribution in [0.4, 0.5) is 0 Å². The second kappa shape index (κ2) is 6.85. The number of aromatic hydroxyl groups is 1. The summed E-state index contributed by atoms with van der Waals surface area (Å²) in [6.45, 7) is 1.23. The average Bonchev–Trinajstić information content (AvgIpc) is 2.28. The van der Waals surface area contributed by atoms with E-state index in [1.54, 1.807) is 31.4 Å². The minimum Gasteiger partial charge on any atom is -0.508 e. The average molecular weight is 223 g/mol. The monoisotopic (exact) mass is 223 g/mol. The predicted molar refractivity (Wildman–Crippen MR) is 61.3 cm³/mol. The van der Waals surface area contributed by atoms with Gasteiger partial charge in [-0.1, -0.05) is 18.2 Å². The van der Waals surface area contributed by atoms with Gasteiger partial charge in [0.2, 0.25) is 5.91 Å². The molecule has 88 valence electrons. The molecule has 0 aliphatic rings. The molecule has 1 aromatic carbocycles. The van der Waals surface area contributed by atoms with E-state index in [-0.39, 0.29) is 18.1 Å². The van der Waals surface area contributed by atoms with Crippen LogP contribution in [0, 0.1) is 0 Å². The molecule has 16 heavy (non-hydrogen) atoms. The molecule has 0 aliphatic carbocycles. The summed E-state index contributed by atoms with van der Waals surface area (Å²) >= 11 is 0. The van der Waals surface area contributed by atoms with E-state index >= 15 is 0 Å². The van der Waals surface area contributed by atoms with Gasteiger partial charge in [-0.15, -0.1) is 0 Å². The van der Waals surface area contributed by atoms with Crippen LogP contribution in [0.1, 0.15) is 12.0 Å². The summed E-state index contributed by atoms with van der Waals surface area (Å²) in [4.78, 5) is 11.5. The summed E-state index contributed by atoms with van der Waals surface area (Å²) in [5.41, 5.74) is 0.645. The van der Waals surface area contributed by atoms with Crippen molar-refractivity contribution >= 4 is 5.91 Å². The molecule has 0 aliphatic heterocycles. The summed E-state index contributed by atoms with van der Waals surface area (Å²) in [5, 5.41) is 12.2. The molecule has 0 radical (unpaired) electrons. The number of nitrogens with one attached hydrogen (secondary N) is 1. The van der Waals surface area contributed by atoms with Gasteiger partial charge in [0, 0.05) is 25.8 Å². The Morgan fingerprint density at radius 1 is 1.44 bits per heavy atom. The first-order valence-electron chi connectivity index (χ1n) is 5.26. The van der Waals surface area contributed by atoms with Gasteiger partial charge in [0.25, 0.3) is 0 Å². The molecule has 1 rings (SSSR count). The normalized spacial score (nSPS) is 10.1. The Kier molecular flexibility index (Phi) is 5.36. The second-order valence-corrected chi connectivity index (χ2v) is 3.50. The SMILES string of the molecule is COCCCNC(=O)Cc1ccccc1O. The van der Waals surface area contributed by atoms with Crippen molar-refractivity contribution in [2.75, 3.05) is 20.3 Å². The number of para-hydroxylation sites is 1. The zero-order valence-electron chi connectivity index (χ0n) is 9.40. The van der Waals surface area contributed by atoms with Crippen LogP contribution in [0.15, 0.2) is 24.3 Å². The molecule has 0 fully saturated rings. The molecule has 0 spiro atoms.